The van der Waals surface area contributed by atoms with Gasteiger partial charge in [0.15, 0.2) is 0 Å². The van der Waals surface area contributed by atoms with Crippen molar-refractivity contribution in [2.24, 2.45) is 0 Å². The number of anilines is 2. The van der Waals surface area contributed by atoms with Crippen molar-refractivity contribution < 1.29 is 14.0 Å². The second kappa shape index (κ2) is 10.8. The standard InChI is InChI=1S/C28H24FN3O2S/c1-18-14-23(35-17-18)15-24(20-10-12-22(29)13-11-20)28(34)31-16-19-6-8-21(9-7-19)27(33)32-26-5-3-2-4-25(26)30/h2-15,17H,16,30H2,1H3,(H,31,34)(H,32,33). The Balaban J connectivity index is 1.44. The molecule has 0 aliphatic rings. The lowest BCUT2D eigenvalue weighted by Crippen LogP contribution is -2.24. The number of nitrogens with one attached hydrogen (secondary N) is 2. The Kier molecular flexibility index (Phi) is 7.38. The zero-order valence-corrected chi connectivity index (χ0v) is 19.9. The van der Waals surface area contributed by atoms with Crippen LogP contribution in [0.3, 0.4) is 0 Å². The normalized spacial score (nSPS) is 11.2. The predicted octanol–water partition coefficient (Wildman–Crippen LogP) is 5.89. The number of halogens is 1. The van der Waals surface area contributed by atoms with Gasteiger partial charge >= 0.3 is 0 Å². The zero-order valence-electron chi connectivity index (χ0n) is 19.0. The number of amides is 2. The molecular weight excluding hydrogens is 461 g/mol. The second-order valence-electron chi connectivity index (χ2n) is 8.01. The summed E-state index contributed by atoms with van der Waals surface area (Å²) in [5, 5.41) is 7.72. The lowest BCUT2D eigenvalue weighted by Gasteiger charge is -2.11. The molecule has 0 unspecified atom stereocenters. The fourth-order valence-corrected chi connectivity index (χ4v) is 4.27. The number of aryl methyl sites for hydroxylation is 1. The van der Waals surface area contributed by atoms with Crippen molar-refractivity contribution in [3.8, 4) is 0 Å². The van der Waals surface area contributed by atoms with E-state index in [2.05, 4.69) is 10.6 Å². The highest BCUT2D eigenvalue weighted by Gasteiger charge is 2.14. The Labute approximate surface area is 207 Å². The van der Waals surface area contributed by atoms with Gasteiger partial charge < -0.3 is 16.4 Å². The average Bonchev–Trinajstić information content (AvgIpc) is 3.28. The Bertz CT molecular complexity index is 1380. The van der Waals surface area contributed by atoms with Gasteiger partial charge in [-0.3, -0.25) is 9.59 Å². The van der Waals surface area contributed by atoms with Crippen LogP contribution < -0.4 is 16.4 Å². The van der Waals surface area contributed by atoms with Crippen LogP contribution in [-0.4, -0.2) is 11.8 Å². The first-order chi connectivity index (χ1) is 16.9. The van der Waals surface area contributed by atoms with Crippen LogP contribution in [0.1, 0.15) is 31.9 Å². The number of hydrogen-bond donors (Lipinski definition) is 3. The maximum Gasteiger partial charge on any atom is 0.255 e. The van der Waals surface area contributed by atoms with Crippen molar-refractivity contribution in [1.29, 1.82) is 0 Å². The van der Waals surface area contributed by atoms with E-state index in [9.17, 15) is 14.0 Å². The lowest BCUT2D eigenvalue weighted by molar-refractivity contribution is -0.115. The fraction of sp³-hybridized carbons (Fsp3) is 0.0714. The van der Waals surface area contributed by atoms with E-state index >= 15 is 0 Å². The number of nitrogens with two attached hydrogens (primary N) is 1. The summed E-state index contributed by atoms with van der Waals surface area (Å²) in [7, 11) is 0. The molecule has 0 aliphatic heterocycles. The van der Waals surface area contributed by atoms with Gasteiger partial charge in [0.2, 0.25) is 0 Å². The van der Waals surface area contributed by atoms with E-state index in [4.69, 9.17) is 5.73 Å². The molecule has 0 fully saturated rings. The molecule has 0 saturated heterocycles. The molecule has 3 aromatic carbocycles. The highest BCUT2D eigenvalue weighted by atomic mass is 32.1. The third-order valence-corrected chi connectivity index (χ3v) is 6.31. The van der Waals surface area contributed by atoms with Crippen molar-refractivity contribution in [3.63, 3.8) is 0 Å². The van der Waals surface area contributed by atoms with E-state index in [0.717, 1.165) is 16.0 Å². The molecule has 0 radical (unpaired) electrons. The first-order valence-electron chi connectivity index (χ1n) is 10.9. The molecule has 0 saturated carbocycles. The molecule has 4 N–H and O–H groups in total. The summed E-state index contributed by atoms with van der Waals surface area (Å²) < 4.78 is 13.4. The summed E-state index contributed by atoms with van der Waals surface area (Å²) in [5.41, 5.74) is 10.4. The lowest BCUT2D eigenvalue weighted by atomic mass is 10.0. The van der Waals surface area contributed by atoms with Gasteiger partial charge in [-0.15, -0.1) is 11.3 Å². The van der Waals surface area contributed by atoms with Crippen LogP contribution in [0, 0.1) is 12.7 Å². The van der Waals surface area contributed by atoms with E-state index in [1.807, 2.05) is 24.4 Å². The summed E-state index contributed by atoms with van der Waals surface area (Å²) in [5.74, 6) is -0.908. The van der Waals surface area contributed by atoms with Gasteiger partial charge in [0.05, 0.1) is 11.4 Å². The summed E-state index contributed by atoms with van der Waals surface area (Å²) in [4.78, 5) is 26.5. The quantitative estimate of drug-likeness (QED) is 0.226. The number of carbonyl (C=O) groups is 2. The van der Waals surface area contributed by atoms with Crippen molar-refractivity contribution >= 4 is 46.2 Å². The number of benzene rings is 3. The van der Waals surface area contributed by atoms with E-state index in [1.165, 1.54) is 23.5 Å². The van der Waals surface area contributed by atoms with Crippen molar-refractivity contribution in [2.45, 2.75) is 13.5 Å². The molecule has 0 bridgehead atoms. The van der Waals surface area contributed by atoms with E-state index < -0.39 is 0 Å². The number of hydrogen-bond acceptors (Lipinski definition) is 4. The molecule has 7 heteroatoms. The van der Waals surface area contributed by atoms with Gasteiger partial charge in [-0.2, -0.15) is 0 Å². The number of para-hydroxylation sites is 2. The molecule has 5 nitrogen and oxygen atoms in total. The minimum absolute atomic E-state index is 0.272. The van der Waals surface area contributed by atoms with Gasteiger partial charge in [-0.25, -0.2) is 4.39 Å². The molecule has 35 heavy (non-hydrogen) atoms. The Morgan fingerprint density at radius 2 is 1.66 bits per heavy atom. The van der Waals surface area contributed by atoms with Gasteiger partial charge in [0, 0.05) is 22.6 Å². The SMILES string of the molecule is Cc1csc(C=C(C(=O)NCc2ccc(C(=O)Nc3ccccc3N)cc2)c2ccc(F)cc2)c1. The predicted molar refractivity (Wildman–Crippen MR) is 140 cm³/mol. The van der Waals surface area contributed by atoms with Crippen LogP contribution in [0.25, 0.3) is 11.6 Å². The smallest absolute Gasteiger partial charge is 0.255 e. The molecule has 0 aliphatic carbocycles. The Hall–Kier alpha value is -4.23. The number of carbonyl (C=O) groups excluding carboxylic acids is 2. The molecule has 1 heterocycles. The molecule has 176 valence electrons. The molecule has 4 aromatic rings. The molecule has 1 aromatic heterocycles. The maximum atomic E-state index is 13.4. The molecule has 2 amide bonds. The van der Waals surface area contributed by atoms with Gasteiger partial charge in [-0.1, -0.05) is 36.4 Å². The van der Waals surface area contributed by atoms with Crippen LogP contribution in [0.5, 0.6) is 0 Å². The highest BCUT2D eigenvalue weighted by Crippen LogP contribution is 2.24. The highest BCUT2D eigenvalue weighted by molar-refractivity contribution is 7.11. The average molecular weight is 486 g/mol. The molecule has 4 rings (SSSR count). The van der Waals surface area contributed by atoms with E-state index in [0.29, 0.717) is 28.1 Å². The molecular formula is C28H24FN3O2S. The monoisotopic (exact) mass is 485 g/mol. The minimum Gasteiger partial charge on any atom is -0.397 e. The van der Waals surface area contributed by atoms with Crippen LogP contribution in [0.4, 0.5) is 15.8 Å². The van der Waals surface area contributed by atoms with Crippen LogP contribution >= 0.6 is 11.3 Å². The van der Waals surface area contributed by atoms with E-state index in [-0.39, 0.29) is 24.2 Å². The largest absolute Gasteiger partial charge is 0.397 e. The summed E-state index contributed by atoms with van der Waals surface area (Å²) in [6.07, 6.45) is 1.81. The van der Waals surface area contributed by atoms with Crippen molar-refractivity contribution in [2.75, 3.05) is 11.1 Å². The first-order valence-corrected chi connectivity index (χ1v) is 11.8. The van der Waals surface area contributed by atoms with Gasteiger partial charge in [0.1, 0.15) is 5.82 Å². The number of thiophene rings is 1. The Morgan fingerprint density at radius 1 is 0.971 bits per heavy atom. The van der Waals surface area contributed by atoms with Crippen molar-refractivity contribution in [1.82, 2.24) is 5.32 Å². The first kappa shape index (κ1) is 23.9. The summed E-state index contributed by atoms with van der Waals surface area (Å²) >= 11 is 1.54. The van der Waals surface area contributed by atoms with Crippen molar-refractivity contribution in [3.05, 3.63) is 117 Å². The molecule has 0 atom stereocenters. The maximum absolute atomic E-state index is 13.4. The fourth-order valence-electron chi connectivity index (χ4n) is 3.44. The van der Waals surface area contributed by atoms with E-state index in [1.54, 1.807) is 60.7 Å². The zero-order chi connectivity index (χ0) is 24.8. The third kappa shape index (κ3) is 6.22. The topological polar surface area (TPSA) is 84.2 Å². The summed E-state index contributed by atoms with van der Waals surface area (Å²) in [6.45, 7) is 2.26. The Morgan fingerprint density at radius 3 is 2.31 bits per heavy atom. The van der Waals surface area contributed by atoms with Gasteiger partial charge in [0.25, 0.3) is 11.8 Å². The number of nitrogen functional groups attached to an aromatic ring is 1. The van der Waals surface area contributed by atoms with Crippen LogP contribution in [0.15, 0.2) is 84.2 Å². The summed E-state index contributed by atoms with van der Waals surface area (Å²) in [6, 6.07) is 21.9. The third-order valence-electron chi connectivity index (χ3n) is 5.32. The minimum atomic E-state index is -0.362. The molecule has 0 spiro atoms. The van der Waals surface area contributed by atoms with Crippen LogP contribution in [-0.2, 0) is 11.3 Å². The van der Waals surface area contributed by atoms with Gasteiger partial charge in [-0.05, 0) is 77.5 Å². The van der Waals surface area contributed by atoms with Crippen LogP contribution in [0.2, 0.25) is 0 Å². The number of rotatable bonds is 7. The second-order valence-corrected chi connectivity index (χ2v) is 8.96.